The number of aromatic nitrogens is 2. The maximum atomic E-state index is 12.5. The molecule has 1 amide bonds. The minimum absolute atomic E-state index is 0.0331. The maximum absolute atomic E-state index is 12.5. The molecule has 1 fully saturated rings. The third-order valence-corrected chi connectivity index (χ3v) is 4.03. The molecule has 1 aliphatic heterocycles. The van der Waals surface area contributed by atoms with Crippen LogP contribution in [0.4, 0.5) is 0 Å². The van der Waals surface area contributed by atoms with E-state index in [4.69, 9.17) is 9.47 Å². The Labute approximate surface area is 145 Å². The van der Waals surface area contributed by atoms with Crippen LogP contribution in [0.25, 0.3) is 0 Å². The van der Waals surface area contributed by atoms with Crippen LogP contribution in [-0.4, -0.2) is 64.7 Å². The molecule has 1 saturated heterocycles. The van der Waals surface area contributed by atoms with E-state index in [1.54, 1.807) is 11.8 Å². The highest BCUT2D eigenvalue weighted by molar-refractivity contribution is 5.78. The summed E-state index contributed by atoms with van der Waals surface area (Å²) in [4.78, 5) is 14.1. The van der Waals surface area contributed by atoms with Crippen molar-refractivity contribution in [3.8, 4) is 5.75 Å². The van der Waals surface area contributed by atoms with Gasteiger partial charge in [-0.05, 0) is 19.1 Å². The molecule has 8 heteroatoms. The highest BCUT2D eigenvalue weighted by Crippen LogP contribution is 2.17. The molecule has 1 atom stereocenters. The second kappa shape index (κ2) is 7.62. The van der Waals surface area contributed by atoms with Gasteiger partial charge in [0.15, 0.2) is 0 Å². The van der Waals surface area contributed by atoms with Gasteiger partial charge in [-0.3, -0.25) is 4.79 Å². The van der Waals surface area contributed by atoms with E-state index in [-0.39, 0.29) is 32.1 Å². The Bertz CT molecular complexity index is 705. The number of nitrogens with zero attached hydrogens (tertiary/aromatic N) is 3. The van der Waals surface area contributed by atoms with Gasteiger partial charge in [-0.25, -0.2) is 4.63 Å². The summed E-state index contributed by atoms with van der Waals surface area (Å²) in [6.45, 7) is 2.75. The predicted molar refractivity (Wildman–Crippen MR) is 87.0 cm³/mol. The van der Waals surface area contributed by atoms with E-state index < -0.39 is 5.60 Å². The second-order valence-electron chi connectivity index (χ2n) is 6.17. The zero-order valence-electron chi connectivity index (χ0n) is 14.1. The molecule has 0 bridgehead atoms. The first-order valence-electron chi connectivity index (χ1n) is 8.09. The van der Waals surface area contributed by atoms with Crippen molar-refractivity contribution >= 4 is 5.91 Å². The van der Waals surface area contributed by atoms with Crippen molar-refractivity contribution in [1.82, 2.24) is 15.2 Å². The van der Waals surface area contributed by atoms with Crippen LogP contribution >= 0.6 is 0 Å². The fourth-order valence-corrected chi connectivity index (χ4v) is 2.62. The molecule has 0 saturated carbocycles. The fraction of sp³-hybridized carbons (Fsp3) is 0.471. The summed E-state index contributed by atoms with van der Waals surface area (Å²) in [5.74, 6) is 0.491. The van der Waals surface area contributed by atoms with E-state index in [9.17, 15) is 9.90 Å². The monoisotopic (exact) mass is 347 g/mol. The Hall–Kier alpha value is -2.45. The number of β-amino-alcohol motifs (C(OH)–C–C–N with tert-alkyl or cyclic N) is 1. The number of hydrogen-bond donors (Lipinski definition) is 1. The standard InChI is InChI=1S/C17H21N3O5/c1-13-15(19-25-18-13)9-16(21)20-7-8-23-11-17(22,10-20)12-24-14-5-3-2-4-6-14/h2-6,22H,7-12H2,1H3. The molecule has 1 aromatic heterocycles. The number of ether oxygens (including phenoxy) is 2. The van der Waals surface area contributed by atoms with Gasteiger partial charge in [0, 0.05) is 6.54 Å². The van der Waals surface area contributed by atoms with Crippen molar-refractivity contribution in [2.75, 3.05) is 32.9 Å². The van der Waals surface area contributed by atoms with Gasteiger partial charge in [0.2, 0.25) is 5.91 Å². The van der Waals surface area contributed by atoms with Gasteiger partial charge >= 0.3 is 0 Å². The van der Waals surface area contributed by atoms with Gasteiger partial charge < -0.3 is 19.5 Å². The lowest BCUT2D eigenvalue weighted by atomic mass is 10.1. The number of hydrogen-bond acceptors (Lipinski definition) is 7. The Morgan fingerprint density at radius 3 is 2.88 bits per heavy atom. The fourth-order valence-electron chi connectivity index (χ4n) is 2.62. The summed E-state index contributed by atoms with van der Waals surface area (Å²) in [6, 6.07) is 9.21. The molecule has 134 valence electrons. The molecule has 3 rings (SSSR count). The molecule has 1 aliphatic rings. The summed E-state index contributed by atoms with van der Waals surface area (Å²) in [7, 11) is 0. The number of para-hydroxylation sites is 1. The van der Waals surface area contributed by atoms with Crippen molar-refractivity contribution < 1.29 is 24.0 Å². The van der Waals surface area contributed by atoms with Gasteiger partial charge in [-0.1, -0.05) is 28.5 Å². The Kier molecular flexibility index (Phi) is 5.30. The third kappa shape index (κ3) is 4.55. The van der Waals surface area contributed by atoms with E-state index in [1.165, 1.54) is 0 Å². The zero-order chi connectivity index (χ0) is 17.7. The van der Waals surface area contributed by atoms with Crippen LogP contribution in [0.1, 0.15) is 11.4 Å². The van der Waals surface area contributed by atoms with E-state index >= 15 is 0 Å². The molecular formula is C17H21N3O5. The first-order chi connectivity index (χ1) is 12.1. The van der Waals surface area contributed by atoms with Gasteiger partial charge in [0.1, 0.15) is 29.3 Å². The summed E-state index contributed by atoms with van der Waals surface area (Å²) >= 11 is 0. The first-order valence-corrected chi connectivity index (χ1v) is 8.09. The molecular weight excluding hydrogens is 326 g/mol. The molecule has 8 nitrogen and oxygen atoms in total. The van der Waals surface area contributed by atoms with Crippen molar-refractivity contribution in [2.24, 2.45) is 0 Å². The summed E-state index contributed by atoms with van der Waals surface area (Å²) in [5.41, 5.74) is -0.194. The average molecular weight is 347 g/mol. The van der Waals surface area contributed by atoms with Crippen LogP contribution in [-0.2, 0) is 16.0 Å². The largest absolute Gasteiger partial charge is 0.490 e. The Morgan fingerprint density at radius 2 is 2.16 bits per heavy atom. The van der Waals surface area contributed by atoms with Gasteiger partial charge in [0.05, 0.1) is 26.2 Å². The first kappa shape index (κ1) is 17.4. The van der Waals surface area contributed by atoms with E-state index in [0.717, 1.165) is 0 Å². The van der Waals surface area contributed by atoms with Crippen molar-refractivity contribution in [2.45, 2.75) is 18.9 Å². The molecule has 1 unspecified atom stereocenters. The lowest BCUT2D eigenvalue weighted by Crippen LogP contribution is -2.50. The lowest BCUT2D eigenvalue weighted by molar-refractivity contribution is -0.134. The molecule has 2 heterocycles. The normalized spacial score (nSPS) is 21.0. The summed E-state index contributed by atoms with van der Waals surface area (Å²) in [6.07, 6.45) is 0.0744. The minimum Gasteiger partial charge on any atom is -0.490 e. The molecule has 2 aromatic rings. The zero-order valence-corrected chi connectivity index (χ0v) is 14.1. The summed E-state index contributed by atoms with van der Waals surface area (Å²) in [5, 5.41) is 18.2. The molecule has 0 spiro atoms. The smallest absolute Gasteiger partial charge is 0.228 e. The Morgan fingerprint density at radius 1 is 1.36 bits per heavy atom. The number of carbonyl (C=O) groups is 1. The second-order valence-corrected chi connectivity index (χ2v) is 6.17. The van der Waals surface area contributed by atoms with Gasteiger partial charge in [-0.15, -0.1) is 0 Å². The van der Waals surface area contributed by atoms with Crippen LogP contribution in [0.15, 0.2) is 35.0 Å². The number of rotatable bonds is 5. The van der Waals surface area contributed by atoms with Crippen LogP contribution < -0.4 is 4.74 Å². The van der Waals surface area contributed by atoms with E-state index in [2.05, 4.69) is 14.9 Å². The lowest BCUT2D eigenvalue weighted by Gasteiger charge is -2.30. The van der Waals surface area contributed by atoms with Crippen molar-refractivity contribution in [3.63, 3.8) is 0 Å². The SMILES string of the molecule is Cc1nonc1CC(=O)N1CCOCC(O)(COc2ccccc2)C1. The highest BCUT2D eigenvalue weighted by atomic mass is 16.6. The van der Waals surface area contributed by atoms with Gasteiger partial charge in [-0.2, -0.15) is 0 Å². The summed E-state index contributed by atoms with van der Waals surface area (Å²) < 4.78 is 15.7. The van der Waals surface area contributed by atoms with Gasteiger partial charge in [0.25, 0.3) is 0 Å². The molecule has 1 aromatic carbocycles. The number of amides is 1. The third-order valence-electron chi connectivity index (χ3n) is 4.03. The van der Waals surface area contributed by atoms with E-state index in [1.807, 2.05) is 30.3 Å². The topological polar surface area (TPSA) is 97.9 Å². The average Bonchev–Trinajstić information content (AvgIpc) is 2.90. The quantitative estimate of drug-likeness (QED) is 0.845. The number of aryl methyl sites for hydroxylation is 1. The van der Waals surface area contributed by atoms with Crippen molar-refractivity contribution in [3.05, 3.63) is 41.7 Å². The van der Waals surface area contributed by atoms with Crippen LogP contribution in [0.2, 0.25) is 0 Å². The van der Waals surface area contributed by atoms with Crippen LogP contribution in [0.3, 0.4) is 0 Å². The maximum Gasteiger partial charge on any atom is 0.228 e. The molecule has 1 N–H and O–H groups in total. The van der Waals surface area contributed by atoms with E-state index in [0.29, 0.717) is 30.3 Å². The minimum atomic E-state index is -1.28. The van der Waals surface area contributed by atoms with Crippen molar-refractivity contribution in [1.29, 1.82) is 0 Å². The van der Waals surface area contributed by atoms with Crippen LogP contribution in [0, 0.1) is 6.92 Å². The highest BCUT2D eigenvalue weighted by Gasteiger charge is 2.35. The number of aliphatic hydroxyl groups is 1. The Balaban J connectivity index is 1.63. The number of benzene rings is 1. The molecule has 0 radical (unpaired) electrons. The molecule has 0 aliphatic carbocycles. The molecule has 25 heavy (non-hydrogen) atoms. The predicted octanol–water partition coefficient (Wildman–Crippen LogP) is 0.589. The van der Waals surface area contributed by atoms with Crippen LogP contribution in [0.5, 0.6) is 5.75 Å². The number of carbonyl (C=O) groups excluding carboxylic acids is 1.